The van der Waals surface area contributed by atoms with E-state index in [1.807, 2.05) is 72.8 Å². The van der Waals surface area contributed by atoms with Crippen molar-refractivity contribution in [2.45, 2.75) is 104 Å². The van der Waals surface area contributed by atoms with Crippen LogP contribution in [0.5, 0.6) is 11.5 Å². The molecule has 326 valence electrons. The Labute approximate surface area is 360 Å². The molecule has 0 aliphatic rings. The number of rotatable bonds is 33. The van der Waals surface area contributed by atoms with Gasteiger partial charge in [0, 0.05) is 26.2 Å². The van der Waals surface area contributed by atoms with Crippen LogP contribution in [0.1, 0.15) is 102 Å². The molecule has 10 heteroatoms. The van der Waals surface area contributed by atoms with Gasteiger partial charge in [0.15, 0.2) is 0 Å². The van der Waals surface area contributed by atoms with E-state index >= 15 is 0 Å². The van der Waals surface area contributed by atoms with E-state index < -0.39 is 0 Å². The van der Waals surface area contributed by atoms with Crippen molar-refractivity contribution in [3.63, 3.8) is 0 Å². The van der Waals surface area contributed by atoms with E-state index in [1.54, 1.807) is 0 Å². The summed E-state index contributed by atoms with van der Waals surface area (Å²) in [4.78, 5) is 4.70. The lowest BCUT2D eigenvalue weighted by Gasteiger charge is -2.27. The van der Waals surface area contributed by atoms with Crippen molar-refractivity contribution in [1.82, 2.24) is 9.80 Å². The predicted molar refractivity (Wildman–Crippen MR) is 246 cm³/mol. The number of hydrogen-bond acceptors (Lipinski definition) is 10. The first-order valence-corrected chi connectivity index (χ1v) is 22.7. The number of aliphatic hydroxyl groups excluding tert-OH is 2. The number of hydrogen-bond donors (Lipinski definition) is 2. The van der Waals surface area contributed by atoms with Gasteiger partial charge in [-0.1, -0.05) is 76.6 Å². The Morgan fingerprint density at radius 3 is 1.05 bits per heavy atom. The first kappa shape index (κ1) is 48.2. The number of azo groups is 2. The first-order chi connectivity index (χ1) is 29.6. The van der Waals surface area contributed by atoms with Crippen LogP contribution >= 0.6 is 0 Å². The van der Waals surface area contributed by atoms with Gasteiger partial charge in [0.05, 0.1) is 49.2 Å². The van der Waals surface area contributed by atoms with Gasteiger partial charge < -0.3 is 19.7 Å². The average molecular weight is 821 g/mol. The topological polar surface area (TPSA) is 115 Å². The number of ether oxygens (including phenoxy) is 2. The Morgan fingerprint density at radius 2 is 0.717 bits per heavy atom. The fourth-order valence-electron chi connectivity index (χ4n) is 6.87. The number of aryl methyl sites for hydroxylation is 2. The molecule has 0 atom stereocenters. The van der Waals surface area contributed by atoms with Gasteiger partial charge in [0.2, 0.25) is 0 Å². The highest BCUT2D eigenvalue weighted by atomic mass is 16.5. The molecular formula is C50H72N6O4. The zero-order chi connectivity index (χ0) is 42.3. The Kier molecular flexibility index (Phi) is 24.5. The van der Waals surface area contributed by atoms with Crippen LogP contribution in [-0.4, -0.2) is 85.7 Å². The third kappa shape index (κ3) is 20.7. The third-order valence-corrected chi connectivity index (χ3v) is 10.6. The molecule has 0 amide bonds. The molecule has 4 aromatic carbocycles. The van der Waals surface area contributed by atoms with Crippen LogP contribution in [0, 0.1) is 0 Å². The summed E-state index contributed by atoms with van der Waals surface area (Å²) in [5, 5.41) is 36.9. The summed E-state index contributed by atoms with van der Waals surface area (Å²) in [6.45, 7) is 11.2. The van der Waals surface area contributed by atoms with Gasteiger partial charge in [-0.3, -0.25) is 9.80 Å². The van der Waals surface area contributed by atoms with Gasteiger partial charge >= 0.3 is 0 Å². The largest absolute Gasteiger partial charge is 0.494 e. The van der Waals surface area contributed by atoms with E-state index in [1.165, 1.54) is 36.8 Å². The van der Waals surface area contributed by atoms with Gasteiger partial charge in [-0.25, -0.2) is 0 Å². The van der Waals surface area contributed by atoms with E-state index in [4.69, 9.17) is 9.47 Å². The molecular weight excluding hydrogens is 749 g/mol. The Hall–Kier alpha value is -4.48. The van der Waals surface area contributed by atoms with E-state index in [2.05, 4.69) is 68.4 Å². The van der Waals surface area contributed by atoms with Crippen LogP contribution in [0.15, 0.2) is 118 Å². The van der Waals surface area contributed by atoms with Crippen molar-refractivity contribution >= 4 is 22.7 Å². The molecule has 4 aromatic rings. The summed E-state index contributed by atoms with van der Waals surface area (Å²) in [6, 6.07) is 32.2. The minimum Gasteiger partial charge on any atom is -0.494 e. The zero-order valence-electron chi connectivity index (χ0n) is 36.6. The van der Waals surface area contributed by atoms with Gasteiger partial charge in [-0.05, 0) is 148 Å². The highest BCUT2D eigenvalue weighted by molar-refractivity contribution is 5.44. The first-order valence-electron chi connectivity index (χ1n) is 22.7. The fraction of sp³-hybridized carbons (Fsp3) is 0.520. The van der Waals surface area contributed by atoms with E-state index in [9.17, 15) is 10.2 Å². The van der Waals surface area contributed by atoms with Gasteiger partial charge in [-0.15, -0.1) is 0 Å². The lowest BCUT2D eigenvalue weighted by molar-refractivity contribution is 0.148. The summed E-state index contributed by atoms with van der Waals surface area (Å²) in [5.74, 6) is 1.70. The second kappa shape index (κ2) is 30.5. The molecule has 0 aliphatic heterocycles. The molecule has 0 fully saturated rings. The van der Waals surface area contributed by atoms with Crippen LogP contribution in [0.25, 0.3) is 0 Å². The molecule has 60 heavy (non-hydrogen) atoms. The Bertz CT molecular complexity index is 1590. The third-order valence-electron chi connectivity index (χ3n) is 10.6. The molecule has 0 saturated heterocycles. The SMILES string of the molecule is CCCCc1ccc(N=Nc2ccc(OCCCCCCN(CCO)CCN(CCO)CCCCCCOc3ccc(N=Nc4ccc(CCCC)cc4)cc3)cc2)cc1. The monoisotopic (exact) mass is 821 g/mol. The molecule has 0 radical (unpaired) electrons. The standard InChI is InChI=1S/C50H72N6O4/c1-3-5-15-43-17-21-45(22-18-43)51-53-47-25-29-49(30-26-47)59-41-13-9-7-11-33-55(37-39-57)35-36-56(38-40-58)34-12-8-10-14-42-60-50-31-27-48(28-32-50)54-52-46-23-19-44(20-24-46)16-6-4-2/h17-32,57-58H,3-16,33-42H2,1-2H3. The molecule has 0 heterocycles. The van der Waals surface area contributed by atoms with E-state index in [0.717, 1.165) is 125 Å². The van der Waals surface area contributed by atoms with E-state index in [-0.39, 0.29) is 13.2 Å². The van der Waals surface area contributed by atoms with Crippen molar-refractivity contribution in [3.8, 4) is 11.5 Å². The zero-order valence-corrected chi connectivity index (χ0v) is 36.6. The lowest BCUT2D eigenvalue weighted by atomic mass is 10.1. The van der Waals surface area contributed by atoms with Crippen molar-refractivity contribution < 1.29 is 19.7 Å². The van der Waals surface area contributed by atoms with Crippen molar-refractivity contribution in [1.29, 1.82) is 0 Å². The molecule has 4 rings (SSSR count). The maximum absolute atomic E-state index is 9.69. The predicted octanol–water partition coefficient (Wildman–Crippen LogP) is 12.4. The lowest BCUT2D eigenvalue weighted by Crippen LogP contribution is -2.38. The Morgan fingerprint density at radius 1 is 0.383 bits per heavy atom. The minimum absolute atomic E-state index is 0.159. The van der Waals surface area contributed by atoms with Gasteiger partial charge in [0.25, 0.3) is 0 Å². The summed E-state index contributed by atoms with van der Waals surface area (Å²) in [7, 11) is 0. The molecule has 0 bridgehead atoms. The van der Waals surface area contributed by atoms with E-state index in [0.29, 0.717) is 26.3 Å². The smallest absolute Gasteiger partial charge is 0.119 e. The van der Waals surface area contributed by atoms with Crippen LogP contribution in [0.3, 0.4) is 0 Å². The molecule has 0 aliphatic carbocycles. The quantitative estimate of drug-likeness (QED) is 0.0365. The second-order valence-corrected chi connectivity index (χ2v) is 15.6. The highest BCUT2D eigenvalue weighted by Crippen LogP contribution is 2.24. The van der Waals surface area contributed by atoms with Gasteiger partial charge in [0.1, 0.15) is 11.5 Å². The summed E-state index contributed by atoms with van der Waals surface area (Å²) < 4.78 is 12.0. The summed E-state index contributed by atoms with van der Waals surface area (Å²) >= 11 is 0. The highest BCUT2D eigenvalue weighted by Gasteiger charge is 2.10. The maximum Gasteiger partial charge on any atom is 0.119 e. The maximum atomic E-state index is 9.69. The van der Waals surface area contributed by atoms with Crippen LogP contribution in [0.2, 0.25) is 0 Å². The fourth-order valence-corrected chi connectivity index (χ4v) is 6.87. The Balaban J connectivity index is 1.01. The second-order valence-electron chi connectivity index (χ2n) is 15.6. The van der Waals surface area contributed by atoms with Gasteiger partial charge in [-0.2, -0.15) is 20.5 Å². The minimum atomic E-state index is 0.159. The normalized spacial score (nSPS) is 11.8. The number of benzene rings is 4. The van der Waals surface area contributed by atoms with Crippen molar-refractivity contribution in [2.75, 3.05) is 65.7 Å². The summed E-state index contributed by atoms with van der Waals surface area (Å²) in [6.07, 6.45) is 15.7. The average Bonchev–Trinajstić information content (AvgIpc) is 3.28. The molecule has 0 unspecified atom stereocenters. The molecule has 0 spiro atoms. The number of aliphatic hydroxyl groups is 2. The van der Waals surface area contributed by atoms with Crippen LogP contribution in [-0.2, 0) is 12.8 Å². The molecule has 10 nitrogen and oxygen atoms in total. The molecule has 0 aromatic heterocycles. The van der Waals surface area contributed by atoms with Crippen molar-refractivity contribution in [3.05, 3.63) is 108 Å². The van der Waals surface area contributed by atoms with Crippen LogP contribution < -0.4 is 9.47 Å². The number of unbranched alkanes of at least 4 members (excludes halogenated alkanes) is 8. The summed E-state index contributed by atoms with van der Waals surface area (Å²) in [5.41, 5.74) is 6.01. The molecule has 2 N–H and O–H groups in total. The van der Waals surface area contributed by atoms with Crippen LogP contribution in [0.4, 0.5) is 22.7 Å². The number of nitrogens with zero attached hydrogens (tertiary/aromatic N) is 6. The van der Waals surface area contributed by atoms with Crippen molar-refractivity contribution in [2.24, 2.45) is 20.5 Å². The molecule has 0 saturated carbocycles.